The molecule has 2 heterocycles. The normalized spacial score (nSPS) is 15.4. The van der Waals surface area contributed by atoms with E-state index in [9.17, 15) is 18.0 Å². The molecule has 0 radical (unpaired) electrons. The smallest absolute Gasteiger partial charge is 0.313 e. The van der Waals surface area contributed by atoms with Gasteiger partial charge in [0.05, 0.1) is 7.11 Å². The zero-order valence-electron chi connectivity index (χ0n) is 16.6. The molecule has 0 bridgehead atoms. The van der Waals surface area contributed by atoms with Gasteiger partial charge in [-0.05, 0) is 43.0 Å². The molecule has 30 heavy (non-hydrogen) atoms. The Bertz CT molecular complexity index is 989. The lowest BCUT2D eigenvalue weighted by Gasteiger charge is -2.31. The van der Waals surface area contributed by atoms with Crippen LogP contribution in [0, 0.1) is 5.92 Å². The molecule has 2 aromatic rings. The third kappa shape index (κ3) is 5.33. The molecule has 1 aliphatic rings. The summed E-state index contributed by atoms with van der Waals surface area (Å²) >= 11 is 0. The summed E-state index contributed by atoms with van der Waals surface area (Å²) < 4.78 is 31.8. The highest BCUT2D eigenvalue weighted by atomic mass is 32.2. The lowest BCUT2D eigenvalue weighted by Crippen LogP contribution is -2.43. The minimum atomic E-state index is -3.56. The first-order valence-corrected chi connectivity index (χ1v) is 11.0. The molecule has 9 nitrogen and oxygen atoms in total. The van der Waals surface area contributed by atoms with Gasteiger partial charge in [-0.1, -0.05) is 6.07 Å². The van der Waals surface area contributed by atoms with E-state index >= 15 is 0 Å². The van der Waals surface area contributed by atoms with Crippen LogP contribution in [-0.2, 0) is 19.6 Å². The van der Waals surface area contributed by atoms with Gasteiger partial charge in [-0.3, -0.25) is 14.6 Å². The number of aromatic nitrogens is 1. The third-order valence-electron chi connectivity index (χ3n) is 4.93. The molecule has 0 saturated carbocycles. The van der Waals surface area contributed by atoms with Crippen molar-refractivity contribution < 1.29 is 22.7 Å². The molecule has 1 saturated heterocycles. The Morgan fingerprint density at radius 3 is 2.60 bits per heavy atom. The number of nitrogens with zero attached hydrogens (tertiary/aromatic N) is 2. The largest absolute Gasteiger partial charge is 0.497 e. The van der Waals surface area contributed by atoms with Crippen LogP contribution in [0.1, 0.15) is 12.8 Å². The van der Waals surface area contributed by atoms with Crippen LogP contribution in [0.15, 0.2) is 53.7 Å². The zero-order chi connectivity index (χ0) is 21.6. The first-order valence-electron chi connectivity index (χ1n) is 9.53. The second-order valence-corrected chi connectivity index (χ2v) is 8.87. The fraction of sp³-hybridized carbons (Fsp3) is 0.350. The Morgan fingerprint density at radius 1 is 1.17 bits per heavy atom. The van der Waals surface area contributed by atoms with Crippen LogP contribution in [0.2, 0.25) is 0 Å². The summed E-state index contributed by atoms with van der Waals surface area (Å²) in [7, 11) is -2.05. The average Bonchev–Trinajstić information content (AvgIpc) is 2.78. The predicted molar refractivity (Wildman–Crippen MR) is 110 cm³/mol. The van der Waals surface area contributed by atoms with Gasteiger partial charge in [0.2, 0.25) is 10.0 Å². The maximum absolute atomic E-state index is 12.6. The van der Waals surface area contributed by atoms with Gasteiger partial charge in [0.1, 0.15) is 10.6 Å². The molecule has 0 atom stereocenters. The number of hydrogen-bond donors (Lipinski definition) is 2. The number of carbonyl (C=O) groups excluding carboxylic acids is 2. The molecular formula is C20H24N4O5S. The van der Waals surface area contributed by atoms with Crippen molar-refractivity contribution in [3.63, 3.8) is 0 Å². The van der Waals surface area contributed by atoms with E-state index in [4.69, 9.17) is 4.74 Å². The lowest BCUT2D eigenvalue weighted by molar-refractivity contribution is -0.136. The summed E-state index contributed by atoms with van der Waals surface area (Å²) in [4.78, 5) is 28.2. The van der Waals surface area contributed by atoms with E-state index in [-0.39, 0.29) is 10.8 Å². The summed E-state index contributed by atoms with van der Waals surface area (Å²) in [5, 5.41) is 5.15. The van der Waals surface area contributed by atoms with Gasteiger partial charge in [-0.25, -0.2) is 8.42 Å². The number of ether oxygens (including phenoxy) is 1. The van der Waals surface area contributed by atoms with Crippen LogP contribution >= 0.6 is 0 Å². The molecule has 2 N–H and O–H groups in total. The second-order valence-electron chi connectivity index (χ2n) is 6.93. The molecule has 1 aromatic heterocycles. The van der Waals surface area contributed by atoms with Crippen molar-refractivity contribution in [1.82, 2.24) is 14.6 Å². The van der Waals surface area contributed by atoms with Gasteiger partial charge in [-0.15, -0.1) is 0 Å². The number of nitrogens with one attached hydrogen (secondary N) is 2. The SMILES string of the molecule is COc1cccc(NC(=O)C(=O)NCC2CCN(S(=O)(=O)c3cccnc3)CC2)c1. The zero-order valence-corrected chi connectivity index (χ0v) is 17.4. The van der Waals surface area contributed by atoms with Crippen molar-refractivity contribution in [3.05, 3.63) is 48.8 Å². The van der Waals surface area contributed by atoms with Gasteiger partial charge in [-0.2, -0.15) is 4.31 Å². The van der Waals surface area contributed by atoms with Crippen LogP contribution in [0.25, 0.3) is 0 Å². The summed E-state index contributed by atoms with van der Waals surface area (Å²) in [6.45, 7) is 1.02. The third-order valence-corrected chi connectivity index (χ3v) is 6.81. The average molecular weight is 433 g/mol. The molecule has 1 aromatic carbocycles. The highest BCUT2D eigenvalue weighted by molar-refractivity contribution is 7.89. The number of hydrogen-bond acceptors (Lipinski definition) is 6. The molecule has 160 valence electrons. The number of piperidine rings is 1. The minimum Gasteiger partial charge on any atom is -0.497 e. The highest BCUT2D eigenvalue weighted by Gasteiger charge is 2.29. The van der Waals surface area contributed by atoms with Crippen molar-refractivity contribution in [2.24, 2.45) is 5.92 Å². The van der Waals surface area contributed by atoms with E-state index in [1.165, 1.54) is 29.9 Å². The lowest BCUT2D eigenvalue weighted by atomic mass is 9.98. The van der Waals surface area contributed by atoms with Crippen LogP contribution in [0.3, 0.4) is 0 Å². The molecule has 1 aliphatic heterocycles. The number of amides is 2. The van der Waals surface area contributed by atoms with Crippen molar-refractivity contribution in [2.75, 3.05) is 32.1 Å². The summed E-state index contributed by atoms with van der Waals surface area (Å²) in [5.41, 5.74) is 0.461. The molecule has 2 amide bonds. The van der Waals surface area contributed by atoms with Gasteiger partial charge < -0.3 is 15.4 Å². The Hall–Kier alpha value is -2.98. The first-order chi connectivity index (χ1) is 14.4. The highest BCUT2D eigenvalue weighted by Crippen LogP contribution is 2.23. The number of sulfonamides is 1. The van der Waals surface area contributed by atoms with Crippen LogP contribution in [0.5, 0.6) is 5.75 Å². The van der Waals surface area contributed by atoms with Crippen LogP contribution < -0.4 is 15.4 Å². The Kier molecular flexibility index (Phi) is 7.01. The van der Waals surface area contributed by atoms with E-state index in [0.29, 0.717) is 43.9 Å². The summed E-state index contributed by atoms with van der Waals surface area (Å²) in [6, 6.07) is 9.83. The molecule has 1 fully saturated rings. The predicted octanol–water partition coefficient (Wildman–Crippen LogP) is 1.25. The monoisotopic (exact) mass is 432 g/mol. The standard InChI is InChI=1S/C20H24N4O5S/c1-29-17-5-2-4-16(12-17)23-20(26)19(25)22-13-15-7-10-24(11-8-15)30(27,28)18-6-3-9-21-14-18/h2-6,9,12,14-15H,7-8,10-11,13H2,1H3,(H,22,25)(H,23,26). The molecule has 0 unspecified atom stereocenters. The quantitative estimate of drug-likeness (QED) is 0.664. The molecule has 10 heteroatoms. The van der Waals surface area contributed by atoms with Gasteiger partial charge >= 0.3 is 11.8 Å². The molecule has 0 spiro atoms. The van der Waals surface area contributed by atoms with E-state index in [1.54, 1.807) is 30.3 Å². The van der Waals surface area contributed by atoms with E-state index < -0.39 is 21.8 Å². The van der Waals surface area contributed by atoms with Gasteiger partial charge in [0.25, 0.3) is 0 Å². The van der Waals surface area contributed by atoms with E-state index in [1.807, 2.05) is 0 Å². The Balaban J connectivity index is 1.46. The number of pyridine rings is 1. The molecule has 0 aliphatic carbocycles. The number of methoxy groups -OCH3 is 1. The van der Waals surface area contributed by atoms with Gasteiger partial charge in [0, 0.05) is 43.8 Å². The van der Waals surface area contributed by atoms with Gasteiger partial charge in [0.15, 0.2) is 0 Å². The molecule has 3 rings (SSSR count). The number of benzene rings is 1. The molecular weight excluding hydrogens is 408 g/mol. The van der Waals surface area contributed by atoms with Crippen molar-refractivity contribution in [2.45, 2.75) is 17.7 Å². The fourth-order valence-corrected chi connectivity index (χ4v) is 4.64. The Labute approximate surface area is 175 Å². The van der Waals surface area contributed by atoms with Crippen molar-refractivity contribution >= 4 is 27.5 Å². The summed E-state index contributed by atoms with van der Waals surface area (Å²) in [6.07, 6.45) is 4.05. The van der Waals surface area contributed by atoms with Crippen LogP contribution in [-0.4, -0.2) is 56.3 Å². The summed E-state index contributed by atoms with van der Waals surface area (Å²) in [5.74, 6) is -0.830. The number of carbonyl (C=O) groups is 2. The van der Waals surface area contributed by atoms with E-state index in [2.05, 4.69) is 15.6 Å². The van der Waals surface area contributed by atoms with E-state index in [0.717, 1.165) is 0 Å². The first kappa shape index (κ1) is 21.7. The maximum atomic E-state index is 12.6. The van der Waals surface area contributed by atoms with Crippen LogP contribution in [0.4, 0.5) is 5.69 Å². The topological polar surface area (TPSA) is 118 Å². The van der Waals surface area contributed by atoms with Crippen molar-refractivity contribution in [1.29, 1.82) is 0 Å². The second kappa shape index (κ2) is 9.68. The minimum absolute atomic E-state index is 0.0962. The number of rotatable bonds is 6. The maximum Gasteiger partial charge on any atom is 0.313 e. The Morgan fingerprint density at radius 2 is 1.93 bits per heavy atom. The number of anilines is 1. The fourth-order valence-electron chi connectivity index (χ4n) is 3.21. The van der Waals surface area contributed by atoms with Crippen molar-refractivity contribution in [3.8, 4) is 5.75 Å².